The van der Waals surface area contributed by atoms with Crippen molar-refractivity contribution in [3.8, 4) is 0 Å². The Morgan fingerprint density at radius 1 is 0.259 bits per heavy atom. The Labute approximate surface area is 497 Å². The maximum absolute atomic E-state index is 12.9. The van der Waals surface area contributed by atoms with Crippen LogP contribution in [0.5, 0.6) is 0 Å². The third-order valence-corrected chi connectivity index (χ3v) is 12.9. The summed E-state index contributed by atoms with van der Waals surface area (Å²) in [6.07, 6.45) is 100. The topological polar surface area (TPSA) is 78.9 Å². The maximum atomic E-state index is 12.9. The van der Waals surface area contributed by atoms with Crippen molar-refractivity contribution in [3.63, 3.8) is 0 Å². The van der Waals surface area contributed by atoms with E-state index >= 15 is 0 Å². The van der Waals surface area contributed by atoms with Gasteiger partial charge in [-0.15, -0.1) is 0 Å². The predicted octanol–water partition coefficient (Wildman–Crippen LogP) is 22.4. The van der Waals surface area contributed by atoms with Crippen LogP contribution >= 0.6 is 0 Å². The number of hydrogen-bond donors (Lipinski definition) is 0. The van der Waals surface area contributed by atoms with Crippen molar-refractivity contribution in [2.75, 3.05) is 13.2 Å². The van der Waals surface area contributed by atoms with Crippen LogP contribution in [0.2, 0.25) is 0 Å². The molecule has 0 aromatic rings. The molecule has 0 aromatic carbocycles. The van der Waals surface area contributed by atoms with E-state index in [0.29, 0.717) is 12.8 Å². The fourth-order valence-electron chi connectivity index (χ4n) is 8.10. The van der Waals surface area contributed by atoms with Crippen LogP contribution in [0, 0.1) is 0 Å². The summed E-state index contributed by atoms with van der Waals surface area (Å²) in [6.45, 7) is 6.31. The minimum Gasteiger partial charge on any atom is -0.462 e. The van der Waals surface area contributed by atoms with Gasteiger partial charge in [-0.3, -0.25) is 14.4 Å². The SMILES string of the molecule is CC/C=C\C/C=C\C/C=C\C/C=C\C/C=C\C/C=C\C/C=C\C/C=C\C/C=C\C/C=C\CCCCC(=O)OCC(COC(=O)CCCCCCC/C=C\C/C=C\CCCCC)OC(=O)CCCCCCC/C=C\C/C=C\C/C=C\CC. The molecule has 0 rings (SSSR count). The first-order chi connectivity index (χ1) is 40.0. The largest absolute Gasteiger partial charge is 0.462 e. The summed E-state index contributed by atoms with van der Waals surface area (Å²) in [7, 11) is 0. The molecule has 6 nitrogen and oxygen atoms in total. The number of esters is 3. The number of allylic oxidation sites excluding steroid dienone is 30. The highest BCUT2D eigenvalue weighted by atomic mass is 16.6. The van der Waals surface area contributed by atoms with Crippen LogP contribution in [-0.4, -0.2) is 37.2 Å². The Morgan fingerprint density at radius 3 is 0.778 bits per heavy atom. The van der Waals surface area contributed by atoms with E-state index < -0.39 is 6.10 Å². The Hall–Kier alpha value is -5.49. The van der Waals surface area contributed by atoms with Crippen LogP contribution in [0.3, 0.4) is 0 Å². The fraction of sp³-hybridized carbons (Fsp3) is 0.560. The molecule has 0 spiro atoms. The van der Waals surface area contributed by atoms with Crippen LogP contribution in [0.15, 0.2) is 182 Å². The first kappa shape index (κ1) is 75.5. The second-order valence-corrected chi connectivity index (χ2v) is 20.5. The highest BCUT2D eigenvalue weighted by Crippen LogP contribution is 2.13. The molecular formula is C75H116O6. The van der Waals surface area contributed by atoms with Gasteiger partial charge in [0.2, 0.25) is 0 Å². The molecule has 0 aromatic heterocycles. The highest BCUT2D eigenvalue weighted by molar-refractivity contribution is 5.71. The lowest BCUT2D eigenvalue weighted by atomic mass is 10.1. The molecule has 1 unspecified atom stereocenters. The number of rotatable bonds is 56. The van der Waals surface area contributed by atoms with Crippen LogP contribution < -0.4 is 0 Å². The average Bonchev–Trinajstić information content (AvgIpc) is 3.47. The van der Waals surface area contributed by atoms with Crippen LogP contribution in [0.4, 0.5) is 0 Å². The summed E-state index contributed by atoms with van der Waals surface area (Å²) >= 11 is 0. The van der Waals surface area contributed by atoms with Crippen molar-refractivity contribution in [3.05, 3.63) is 182 Å². The summed E-state index contributed by atoms with van der Waals surface area (Å²) in [4.78, 5) is 38.3. The Kier molecular flexibility index (Phi) is 62.5. The lowest BCUT2D eigenvalue weighted by molar-refractivity contribution is -0.167. The summed E-state index contributed by atoms with van der Waals surface area (Å²) in [5.74, 6) is -0.998. The van der Waals surface area contributed by atoms with Gasteiger partial charge >= 0.3 is 17.9 Å². The van der Waals surface area contributed by atoms with E-state index in [4.69, 9.17) is 14.2 Å². The molecule has 0 fully saturated rings. The van der Waals surface area contributed by atoms with E-state index in [1.165, 1.54) is 25.7 Å². The molecule has 0 amide bonds. The average molecular weight is 1110 g/mol. The maximum Gasteiger partial charge on any atom is 0.306 e. The van der Waals surface area contributed by atoms with E-state index in [9.17, 15) is 14.4 Å². The molecule has 6 heteroatoms. The smallest absolute Gasteiger partial charge is 0.306 e. The minimum atomic E-state index is -0.822. The van der Waals surface area contributed by atoms with Crippen molar-refractivity contribution in [2.45, 2.75) is 258 Å². The molecule has 0 aliphatic heterocycles. The molecule has 0 radical (unpaired) electrons. The zero-order valence-corrected chi connectivity index (χ0v) is 51.7. The standard InChI is InChI=1S/C75H116O6/c1-4-7-10-13-16-19-22-25-28-29-30-31-32-33-34-35-36-37-38-39-40-41-42-43-44-45-48-50-53-56-59-62-65-68-74(77)80-71-72(81-75(78)69-66-63-60-57-54-51-47-27-24-21-18-15-12-9-6-3)70-79-73(76)67-64-61-58-55-52-49-46-26-23-20-17-14-11-8-5-2/h7,9-10,12,16-21,25-28,30-31,33-34,36-37,39-40,42-43,45-48,53,56,72H,4-6,8,11,13-15,22-24,29,32,35,38,41,44,49-52,54-55,57-71H2,1-3H3/b10-7-,12-9-,19-16-,20-17-,21-18-,28-25-,31-30-,34-33-,37-36-,40-39-,43-42-,46-26-,47-27-,48-45-,56-53-. The van der Waals surface area contributed by atoms with Crippen molar-refractivity contribution in [1.82, 2.24) is 0 Å². The van der Waals surface area contributed by atoms with Crippen LogP contribution in [0.1, 0.15) is 252 Å². The van der Waals surface area contributed by atoms with Gasteiger partial charge in [0.05, 0.1) is 0 Å². The zero-order chi connectivity index (χ0) is 58.5. The lowest BCUT2D eigenvalue weighted by Gasteiger charge is -2.18. The van der Waals surface area contributed by atoms with Crippen molar-refractivity contribution in [2.24, 2.45) is 0 Å². The lowest BCUT2D eigenvalue weighted by Crippen LogP contribution is -2.30. The van der Waals surface area contributed by atoms with Gasteiger partial charge in [-0.2, -0.15) is 0 Å². The van der Waals surface area contributed by atoms with Gasteiger partial charge < -0.3 is 14.2 Å². The van der Waals surface area contributed by atoms with Gasteiger partial charge in [0.25, 0.3) is 0 Å². The summed E-state index contributed by atoms with van der Waals surface area (Å²) < 4.78 is 16.8. The van der Waals surface area contributed by atoms with Gasteiger partial charge in [-0.1, -0.05) is 254 Å². The monoisotopic (exact) mass is 1110 g/mol. The first-order valence-electron chi connectivity index (χ1n) is 32.3. The molecule has 0 heterocycles. The second kappa shape index (κ2) is 67.0. The molecule has 0 aliphatic carbocycles. The molecule has 1 atom stereocenters. The zero-order valence-electron chi connectivity index (χ0n) is 51.7. The Bertz CT molecular complexity index is 1900. The molecule has 0 bridgehead atoms. The third kappa shape index (κ3) is 65.2. The normalized spacial score (nSPS) is 13.4. The van der Waals surface area contributed by atoms with Crippen LogP contribution in [-0.2, 0) is 28.6 Å². The summed E-state index contributed by atoms with van der Waals surface area (Å²) in [6, 6.07) is 0. The van der Waals surface area contributed by atoms with E-state index in [1.807, 2.05) is 0 Å². The van der Waals surface area contributed by atoms with E-state index in [0.717, 1.165) is 180 Å². The molecular weight excluding hydrogens is 997 g/mol. The second-order valence-electron chi connectivity index (χ2n) is 20.5. The van der Waals surface area contributed by atoms with Gasteiger partial charge in [-0.25, -0.2) is 0 Å². The number of ether oxygens (including phenoxy) is 3. The first-order valence-corrected chi connectivity index (χ1v) is 32.3. The number of hydrogen-bond acceptors (Lipinski definition) is 6. The number of carbonyl (C=O) groups excluding carboxylic acids is 3. The quantitative estimate of drug-likeness (QED) is 0.0261. The van der Waals surface area contributed by atoms with Crippen LogP contribution in [0.25, 0.3) is 0 Å². The van der Waals surface area contributed by atoms with Crippen molar-refractivity contribution >= 4 is 17.9 Å². The van der Waals surface area contributed by atoms with Gasteiger partial charge in [0.15, 0.2) is 6.10 Å². The molecule has 81 heavy (non-hydrogen) atoms. The Morgan fingerprint density at radius 2 is 0.481 bits per heavy atom. The number of unbranched alkanes of at least 4 members (excludes halogenated alkanes) is 15. The Balaban J connectivity index is 4.44. The molecule has 452 valence electrons. The highest BCUT2D eigenvalue weighted by Gasteiger charge is 2.19. The molecule has 0 saturated heterocycles. The van der Waals surface area contributed by atoms with Gasteiger partial charge in [-0.05, 0) is 161 Å². The van der Waals surface area contributed by atoms with E-state index in [-0.39, 0.29) is 44.0 Å². The molecule has 0 aliphatic rings. The van der Waals surface area contributed by atoms with E-state index in [2.05, 4.69) is 203 Å². The third-order valence-electron chi connectivity index (χ3n) is 12.9. The predicted molar refractivity (Wildman–Crippen MR) is 352 cm³/mol. The summed E-state index contributed by atoms with van der Waals surface area (Å²) in [5, 5.41) is 0. The van der Waals surface area contributed by atoms with Gasteiger partial charge in [0, 0.05) is 19.3 Å². The number of carbonyl (C=O) groups is 3. The minimum absolute atomic E-state index is 0.115. The van der Waals surface area contributed by atoms with Gasteiger partial charge in [0.1, 0.15) is 13.2 Å². The molecule has 0 N–H and O–H groups in total. The summed E-state index contributed by atoms with van der Waals surface area (Å²) in [5.41, 5.74) is 0. The van der Waals surface area contributed by atoms with Crippen molar-refractivity contribution < 1.29 is 28.6 Å². The van der Waals surface area contributed by atoms with E-state index in [1.54, 1.807) is 0 Å². The van der Waals surface area contributed by atoms with Crippen molar-refractivity contribution in [1.29, 1.82) is 0 Å². The fourth-order valence-corrected chi connectivity index (χ4v) is 8.10. The molecule has 0 saturated carbocycles.